The van der Waals surface area contributed by atoms with Crippen LogP contribution in [0.15, 0.2) is 24.3 Å². The van der Waals surface area contributed by atoms with Crippen molar-refractivity contribution in [1.29, 1.82) is 0 Å². The third-order valence-corrected chi connectivity index (χ3v) is 4.45. The summed E-state index contributed by atoms with van der Waals surface area (Å²) in [6, 6.07) is 7.53. The van der Waals surface area contributed by atoms with Crippen molar-refractivity contribution in [2.45, 2.75) is 25.4 Å². The molecule has 124 valence electrons. The molecule has 0 saturated carbocycles. The van der Waals surface area contributed by atoms with E-state index < -0.39 is 18.0 Å². The second-order valence-electron chi connectivity index (χ2n) is 5.96. The number of nitrogens with zero attached hydrogens (tertiary/aromatic N) is 2. The van der Waals surface area contributed by atoms with Gasteiger partial charge >= 0.3 is 12.1 Å². The van der Waals surface area contributed by atoms with Crippen LogP contribution in [0.2, 0.25) is 0 Å². The molecule has 0 N–H and O–H groups in total. The summed E-state index contributed by atoms with van der Waals surface area (Å²) in [6.45, 7) is 0.441. The normalized spacial score (nSPS) is 21.3. The Balaban J connectivity index is 1.72. The van der Waals surface area contributed by atoms with Crippen molar-refractivity contribution < 1.29 is 22.8 Å². The molecule has 4 nitrogen and oxygen atoms in total. The summed E-state index contributed by atoms with van der Waals surface area (Å²) in [6.07, 6.45) is -3.21. The van der Waals surface area contributed by atoms with Crippen LogP contribution in [-0.2, 0) is 16.0 Å². The van der Waals surface area contributed by atoms with Crippen molar-refractivity contribution in [2.24, 2.45) is 5.92 Å². The number of halogens is 3. The highest BCUT2D eigenvalue weighted by Gasteiger charge is 2.45. The van der Waals surface area contributed by atoms with Gasteiger partial charge in [-0.1, -0.05) is 18.2 Å². The minimum atomic E-state index is -4.88. The molecule has 2 heterocycles. The molecule has 23 heavy (non-hydrogen) atoms. The summed E-state index contributed by atoms with van der Waals surface area (Å²) in [4.78, 5) is 26.5. The lowest BCUT2D eigenvalue weighted by atomic mass is 9.96. The monoisotopic (exact) mass is 326 g/mol. The number of benzene rings is 1. The maximum absolute atomic E-state index is 12.7. The molecule has 2 aliphatic heterocycles. The van der Waals surface area contributed by atoms with E-state index in [2.05, 4.69) is 0 Å². The van der Waals surface area contributed by atoms with Crippen LogP contribution in [-0.4, -0.2) is 42.5 Å². The van der Waals surface area contributed by atoms with Gasteiger partial charge in [0, 0.05) is 25.3 Å². The van der Waals surface area contributed by atoms with Gasteiger partial charge in [-0.25, -0.2) is 0 Å². The number of fused-ring (bicyclic) bond motifs is 1. The SMILES string of the molecule is O=C(C1CCCN(C(=O)C(F)(F)F)C1)N1CCc2ccccc21. The van der Waals surface area contributed by atoms with E-state index in [-0.39, 0.29) is 19.0 Å². The molecular weight excluding hydrogens is 309 g/mol. The molecule has 7 heteroatoms. The molecule has 1 saturated heterocycles. The number of alkyl halides is 3. The number of piperidine rings is 1. The van der Waals surface area contributed by atoms with Crippen molar-refractivity contribution in [3.05, 3.63) is 29.8 Å². The first-order valence-corrected chi connectivity index (χ1v) is 7.63. The Bertz CT molecular complexity index is 630. The molecule has 1 fully saturated rings. The molecule has 1 aromatic rings. The van der Waals surface area contributed by atoms with Gasteiger partial charge in [-0.05, 0) is 30.9 Å². The van der Waals surface area contributed by atoms with E-state index in [1.807, 2.05) is 24.3 Å². The van der Waals surface area contributed by atoms with Crippen LogP contribution in [0, 0.1) is 5.92 Å². The third-order valence-electron chi connectivity index (χ3n) is 4.45. The second kappa shape index (κ2) is 5.86. The zero-order valence-electron chi connectivity index (χ0n) is 12.5. The zero-order chi connectivity index (χ0) is 16.6. The summed E-state index contributed by atoms with van der Waals surface area (Å²) >= 11 is 0. The molecule has 0 aromatic heterocycles. The topological polar surface area (TPSA) is 40.6 Å². The first-order valence-electron chi connectivity index (χ1n) is 7.63. The lowest BCUT2D eigenvalue weighted by Gasteiger charge is -2.34. The summed E-state index contributed by atoms with van der Waals surface area (Å²) in [7, 11) is 0. The Labute approximate surface area is 131 Å². The van der Waals surface area contributed by atoms with Gasteiger partial charge in [0.25, 0.3) is 0 Å². The van der Waals surface area contributed by atoms with Crippen molar-refractivity contribution in [1.82, 2.24) is 4.90 Å². The lowest BCUT2D eigenvalue weighted by Crippen LogP contribution is -2.50. The highest BCUT2D eigenvalue weighted by molar-refractivity contribution is 5.97. The predicted octanol–water partition coefficient (Wildman–Crippen LogP) is 2.38. The van der Waals surface area contributed by atoms with E-state index >= 15 is 0 Å². The Hall–Kier alpha value is -2.05. The summed E-state index contributed by atoms with van der Waals surface area (Å²) in [5.74, 6) is -2.60. The predicted molar refractivity (Wildman–Crippen MR) is 77.9 cm³/mol. The maximum atomic E-state index is 12.7. The van der Waals surface area contributed by atoms with Gasteiger partial charge in [-0.15, -0.1) is 0 Å². The molecule has 1 unspecified atom stereocenters. The number of rotatable bonds is 1. The van der Waals surface area contributed by atoms with E-state index in [4.69, 9.17) is 0 Å². The minimum Gasteiger partial charge on any atom is -0.334 e. The smallest absolute Gasteiger partial charge is 0.334 e. The van der Waals surface area contributed by atoms with Crippen molar-refractivity contribution in [2.75, 3.05) is 24.5 Å². The fourth-order valence-corrected chi connectivity index (χ4v) is 3.33. The number of anilines is 1. The average Bonchev–Trinajstić information content (AvgIpc) is 2.96. The summed E-state index contributed by atoms with van der Waals surface area (Å²) in [5, 5.41) is 0. The Kier molecular flexibility index (Phi) is 4.04. The molecule has 0 spiro atoms. The van der Waals surface area contributed by atoms with Gasteiger partial charge in [-0.2, -0.15) is 13.2 Å². The van der Waals surface area contributed by atoms with Gasteiger partial charge in [0.1, 0.15) is 0 Å². The molecule has 2 aliphatic rings. The second-order valence-corrected chi connectivity index (χ2v) is 5.96. The van der Waals surface area contributed by atoms with Crippen LogP contribution in [0.4, 0.5) is 18.9 Å². The highest BCUT2D eigenvalue weighted by atomic mass is 19.4. The van der Waals surface area contributed by atoms with Crippen molar-refractivity contribution >= 4 is 17.5 Å². The molecule has 3 rings (SSSR count). The highest BCUT2D eigenvalue weighted by Crippen LogP contribution is 2.31. The zero-order valence-corrected chi connectivity index (χ0v) is 12.5. The maximum Gasteiger partial charge on any atom is 0.471 e. The molecule has 0 aliphatic carbocycles. The van der Waals surface area contributed by atoms with Gasteiger partial charge in [0.2, 0.25) is 5.91 Å². The van der Waals surface area contributed by atoms with Crippen LogP contribution in [0.5, 0.6) is 0 Å². The Morgan fingerprint density at radius 1 is 1.13 bits per heavy atom. The van der Waals surface area contributed by atoms with E-state index in [0.29, 0.717) is 19.4 Å². The van der Waals surface area contributed by atoms with Crippen LogP contribution in [0.3, 0.4) is 0 Å². The van der Waals surface area contributed by atoms with Crippen molar-refractivity contribution in [3.63, 3.8) is 0 Å². The van der Waals surface area contributed by atoms with Gasteiger partial charge in [0.05, 0.1) is 5.92 Å². The molecular formula is C16H17F3N2O2. The Morgan fingerprint density at radius 2 is 1.87 bits per heavy atom. The summed E-state index contributed by atoms with van der Waals surface area (Å²) < 4.78 is 37.7. The molecule has 1 atom stereocenters. The summed E-state index contributed by atoms with van der Waals surface area (Å²) in [5.41, 5.74) is 1.90. The van der Waals surface area contributed by atoms with E-state index in [0.717, 1.165) is 22.6 Å². The fourth-order valence-electron chi connectivity index (χ4n) is 3.33. The van der Waals surface area contributed by atoms with Gasteiger partial charge < -0.3 is 9.80 Å². The first kappa shape index (κ1) is 15.8. The largest absolute Gasteiger partial charge is 0.471 e. The van der Waals surface area contributed by atoms with E-state index in [1.165, 1.54) is 0 Å². The van der Waals surface area contributed by atoms with Crippen molar-refractivity contribution in [3.8, 4) is 0 Å². The number of likely N-dealkylation sites (tertiary alicyclic amines) is 1. The molecule has 0 radical (unpaired) electrons. The average molecular weight is 326 g/mol. The minimum absolute atomic E-state index is 0.0543. The number of amides is 2. The van der Waals surface area contributed by atoms with Crippen LogP contribution >= 0.6 is 0 Å². The number of para-hydroxylation sites is 1. The molecule has 0 bridgehead atoms. The fraction of sp³-hybridized carbons (Fsp3) is 0.500. The van der Waals surface area contributed by atoms with Gasteiger partial charge in [-0.3, -0.25) is 9.59 Å². The molecule has 2 amide bonds. The Morgan fingerprint density at radius 3 is 2.61 bits per heavy atom. The number of carbonyl (C=O) groups excluding carboxylic acids is 2. The van der Waals surface area contributed by atoms with Crippen LogP contribution in [0.1, 0.15) is 18.4 Å². The number of carbonyl (C=O) groups is 2. The quantitative estimate of drug-likeness (QED) is 0.795. The van der Waals surface area contributed by atoms with E-state index in [9.17, 15) is 22.8 Å². The molecule has 1 aromatic carbocycles. The third kappa shape index (κ3) is 3.04. The number of hydrogen-bond acceptors (Lipinski definition) is 2. The lowest BCUT2D eigenvalue weighted by molar-refractivity contribution is -0.187. The van der Waals surface area contributed by atoms with Gasteiger partial charge in [0.15, 0.2) is 0 Å². The van der Waals surface area contributed by atoms with E-state index in [1.54, 1.807) is 4.90 Å². The van der Waals surface area contributed by atoms with Crippen LogP contribution in [0.25, 0.3) is 0 Å². The first-order chi connectivity index (χ1) is 10.9. The standard InChI is InChI=1S/C16H17F3N2O2/c17-16(18,19)15(23)20-8-3-5-12(10-20)14(22)21-9-7-11-4-1-2-6-13(11)21/h1-2,4,6,12H,3,5,7-10H2. The number of hydrogen-bond donors (Lipinski definition) is 0. The van der Waals surface area contributed by atoms with Crippen LogP contribution < -0.4 is 4.90 Å².